The molecule has 1 fully saturated rings. The molecule has 0 saturated carbocycles. The maximum absolute atomic E-state index is 12.6. The molecule has 0 radical (unpaired) electrons. The normalized spacial score (nSPS) is 19.3. The summed E-state index contributed by atoms with van der Waals surface area (Å²) in [6.07, 6.45) is 5.22. The standard InChI is InChI=1S/C25H29N7O2/c1-15(8-9-21(26)27-4)25(33)29-19-7-5-6-18(12-19)23-30-20-10-11-28-22(20)24(31-23)32-13-16(2)34-17(3)14-32/h5-12,16-17,28H,4,13-14,26H2,1-3H3,(H,29,33)/b15-8+,21-9-. The van der Waals surface area contributed by atoms with Crippen LogP contribution in [0.3, 0.4) is 0 Å². The average Bonchev–Trinajstić information content (AvgIpc) is 3.30. The highest BCUT2D eigenvalue weighted by molar-refractivity contribution is 6.03. The maximum atomic E-state index is 12.6. The smallest absolute Gasteiger partial charge is 0.251 e. The van der Waals surface area contributed by atoms with E-state index in [9.17, 15) is 4.79 Å². The highest BCUT2D eigenvalue weighted by atomic mass is 16.5. The van der Waals surface area contributed by atoms with Crippen LogP contribution in [0.25, 0.3) is 22.4 Å². The van der Waals surface area contributed by atoms with E-state index in [2.05, 4.69) is 40.8 Å². The lowest BCUT2D eigenvalue weighted by Gasteiger charge is -2.36. The van der Waals surface area contributed by atoms with Crippen LogP contribution in [0.1, 0.15) is 20.8 Å². The summed E-state index contributed by atoms with van der Waals surface area (Å²) in [5, 5.41) is 2.90. The molecule has 9 heteroatoms. The predicted octanol–water partition coefficient (Wildman–Crippen LogP) is 3.62. The second-order valence-electron chi connectivity index (χ2n) is 8.41. The van der Waals surface area contributed by atoms with E-state index in [1.807, 2.05) is 36.5 Å². The molecule has 2 unspecified atom stereocenters. The van der Waals surface area contributed by atoms with E-state index < -0.39 is 0 Å². The Morgan fingerprint density at radius 2 is 2.03 bits per heavy atom. The topological polar surface area (TPSA) is 122 Å². The second-order valence-corrected chi connectivity index (χ2v) is 8.41. The Balaban J connectivity index is 1.63. The third-order valence-electron chi connectivity index (χ3n) is 5.53. The van der Waals surface area contributed by atoms with Gasteiger partial charge in [0, 0.05) is 36.1 Å². The molecule has 1 aliphatic heterocycles. The van der Waals surface area contributed by atoms with Crippen LogP contribution in [0.4, 0.5) is 11.5 Å². The van der Waals surface area contributed by atoms with Crippen LogP contribution in [0, 0.1) is 0 Å². The molecule has 2 aromatic heterocycles. The fourth-order valence-electron chi connectivity index (χ4n) is 3.94. The largest absolute Gasteiger partial charge is 0.384 e. The van der Waals surface area contributed by atoms with Crippen molar-refractivity contribution < 1.29 is 9.53 Å². The number of benzene rings is 1. The van der Waals surface area contributed by atoms with Gasteiger partial charge in [0.25, 0.3) is 5.91 Å². The van der Waals surface area contributed by atoms with Crippen molar-refractivity contribution in [1.82, 2.24) is 15.0 Å². The first-order valence-corrected chi connectivity index (χ1v) is 11.1. The van der Waals surface area contributed by atoms with E-state index >= 15 is 0 Å². The number of ether oxygens (including phenoxy) is 1. The fraction of sp³-hybridized carbons (Fsp3) is 0.280. The number of fused-ring (bicyclic) bond motifs is 1. The van der Waals surface area contributed by atoms with Gasteiger partial charge in [0.2, 0.25) is 0 Å². The zero-order valence-electron chi connectivity index (χ0n) is 19.6. The Morgan fingerprint density at radius 3 is 2.76 bits per heavy atom. The van der Waals surface area contributed by atoms with Crippen molar-refractivity contribution in [3.05, 3.63) is 60.1 Å². The molecule has 1 aromatic carbocycles. The fourth-order valence-corrected chi connectivity index (χ4v) is 3.94. The molecule has 0 spiro atoms. The van der Waals surface area contributed by atoms with Gasteiger partial charge in [-0.3, -0.25) is 4.79 Å². The molecule has 0 bridgehead atoms. The minimum absolute atomic E-state index is 0.106. The summed E-state index contributed by atoms with van der Waals surface area (Å²) in [5.41, 5.74) is 9.26. The van der Waals surface area contributed by atoms with Gasteiger partial charge < -0.3 is 25.7 Å². The van der Waals surface area contributed by atoms with E-state index in [0.717, 1.165) is 35.5 Å². The van der Waals surface area contributed by atoms with E-state index in [0.29, 0.717) is 17.1 Å². The zero-order valence-corrected chi connectivity index (χ0v) is 19.6. The summed E-state index contributed by atoms with van der Waals surface area (Å²) < 4.78 is 5.90. The van der Waals surface area contributed by atoms with Crippen molar-refractivity contribution in [2.24, 2.45) is 10.7 Å². The number of anilines is 2. The van der Waals surface area contributed by atoms with Gasteiger partial charge in [-0.1, -0.05) is 18.2 Å². The number of nitrogens with zero attached hydrogens (tertiary/aromatic N) is 4. The molecule has 1 amide bonds. The number of carbonyl (C=O) groups excluding carboxylic acids is 1. The monoisotopic (exact) mass is 459 g/mol. The molecule has 176 valence electrons. The minimum atomic E-state index is -0.246. The molecule has 3 heterocycles. The number of morpholine rings is 1. The van der Waals surface area contributed by atoms with Crippen LogP contribution >= 0.6 is 0 Å². The number of carbonyl (C=O) groups is 1. The van der Waals surface area contributed by atoms with Gasteiger partial charge in [0.15, 0.2) is 11.6 Å². The lowest BCUT2D eigenvalue weighted by Crippen LogP contribution is -2.46. The minimum Gasteiger partial charge on any atom is -0.384 e. The van der Waals surface area contributed by atoms with Crippen molar-refractivity contribution in [3.63, 3.8) is 0 Å². The molecule has 1 saturated heterocycles. The molecular formula is C25H29N7O2. The van der Waals surface area contributed by atoms with Gasteiger partial charge in [-0.15, -0.1) is 0 Å². The number of H-pyrrole nitrogens is 1. The molecule has 34 heavy (non-hydrogen) atoms. The van der Waals surface area contributed by atoms with Gasteiger partial charge in [0.1, 0.15) is 11.3 Å². The van der Waals surface area contributed by atoms with Crippen molar-refractivity contribution in [3.8, 4) is 11.4 Å². The SMILES string of the molecule is C=N/C(N)=C\C=C(/C)C(=O)Nc1cccc(-c2nc(N3CC(C)OC(C)C3)c3[nH]ccc3n2)c1. The van der Waals surface area contributed by atoms with Crippen LogP contribution in [-0.4, -0.2) is 52.9 Å². The predicted molar refractivity (Wildman–Crippen MR) is 136 cm³/mol. The third-order valence-corrected chi connectivity index (χ3v) is 5.53. The number of aromatic amines is 1. The number of nitrogens with one attached hydrogen (secondary N) is 2. The molecular weight excluding hydrogens is 430 g/mol. The van der Waals surface area contributed by atoms with Crippen molar-refractivity contribution >= 4 is 35.2 Å². The molecule has 4 N–H and O–H groups in total. The Kier molecular flexibility index (Phi) is 6.74. The number of rotatable bonds is 6. The van der Waals surface area contributed by atoms with Crippen molar-refractivity contribution in [1.29, 1.82) is 0 Å². The van der Waals surface area contributed by atoms with Gasteiger partial charge in [-0.05, 0) is 51.8 Å². The van der Waals surface area contributed by atoms with Crippen molar-refractivity contribution in [2.45, 2.75) is 33.0 Å². The van der Waals surface area contributed by atoms with E-state index in [4.69, 9.17) is 20.4 Å². The van der Waals surface area contributed by atoms with Crippen LogP contribution < -0.4 is 16.0 Å². The summed E-state index contributed by atoms with van der Waals surface area (Å²) >= 11 is 0. The molecule has 0 aliphatic carbocycles. The van der Waals surface area contributed by atoms with Crippen LogP contribution in [-0.2, 0) is 9.53 Å². The van der Waals surface area contributed by atoms with Crippen LogP contribution in [0.5, 0.6) is 0 Å². The molecule has 2 atom stereocenters. The van der Waals surface area contributed by atoms with Crippen LogP contribution in [0.2, 0.25) is 0 Å². The second kappa shape index (κ2) is 9.88. The van der Waals surface area contributed by atoms with Gasteiger partial charge in [-0.2, -0.15) is 0 Å². The number of hydrogen-bond donors (Lipinski definition) is 3. The lowest BCUT2D eigenvalue weighted by molar-refractivity contribution is -0.112. The van der Waals surface area contributed by atoms with E-state index in [1.165, 1.54) is 6.08 Å². The molecule has 3 aromatic rings. The number of aromatic nitrogens is 3. The average molecular weight is 460 g/mol. The van der Waals surface area contributed by atoms with E-state index in [-0.39, 0.29) is 23.9 Å². The third kappa shape index (κ3) is 5.15. The number of hydrogen-bond acceptors (Lipinski definition) is 7. The Morgan fingerprint density at radius 1 is 1.26 bits per heavy atom. The summed E-state index contributed by atoms with van der Waals surface area (Å²) in [6.45, 7) is 10.7. The molecule has 9 nitrogen and oxygen atoms in total. The lowest BCUT2D eigenvalue weighted by atomic mass is 10.1. The molecule has 1 aliphatic rings. The van der Waals surface area contributed by atoms with Gasteiger partial charge in [0.05, 0.1) is 17.7 Å². The quantitative estimate of drug-likeness (QED) is 0.294. The number of allylic oxidation sites excluding steroid dienone is 2. The summed E-state index contributed by atoms with van der Waals surface area (Å²) in [5.74, 6) is 1.43. The van der Waals surface area contributed by atoms with Crippen molar-refractivity contribution in [2.75, 3.05) is 23.3 Å². The number of nitrogens with two attached hydrogens (primary N) is 1. The Labute approximate surface area is 198 Å². The summed E-state index contributed by atoms with van der Waals surface area (Å²) in [6, 6.07) is 9.43. The summed E-state index contributed by atoms with van der Waals surface area (Å²) in [7, 11) is 0. The first-order chi connectivity index (χ1) is 16.3. The van der Waals surface area contributed by atoms with Gasteiger partial charge in [-0.25, -0.2) is 15.0 Å². The maximum Gasteiger partial charge on any atom is 0.251 e. The number of aliphatic imine (C=N–C) groups is 1. The van der Waals surface area contributed by atoms with E-state index in [1.54, 1.807) is 13.0 Å². The Hall–Kier alpha value is -3.98. The zero-order chi connectivity index (χ0) is 24.2. The van der Waals surface area contributed by atoms with Crippen LogP contribution in [0.15, 0.2) is 65.1 Å². The highest BCUT2D eigenvalue weighted by Crippen LogP contribution is 2.29. The summed E-state index contributed by atoms with van der Waals surface area (Å²) in [4.78, 5) is 31.4. The number of amides is 1. The first kappa shape index (κ1) is 23.2. The molecule has 4 rings (SSSR count). The van der Waals surface area contributed by atoms with Gasteiger partial charge >= 0.3 is 0 Å². The first-order valence-electron chi connectivity index (χ1n) is 11.1. The Bertz CT molecular complexity index is 1270. The highest BCUT2D eigenvalue weighted by Gasteiger charge is 2.26.